The fourth-order valence-electron chi connectivity index (χ4n) is 2.71. The van der Waals surface area contributed by atoms with Crippen molar-refractivity contribution < 1.29 is 4.79 Å². The standard InChI is InChI=1S/C15H23N3O/c1-11-10-18(3)9-8-13(11)17-15(19)12-6-4-5-7-14(12)16-2/h4-7,11,13,16H,8-10H2,1-3H3,(H,17,19). The van der Waals surface area contributed by atoms with Gasteiger partial charge >= 0.3 is 0 Å². The van der Waals surface area contributed by atoms with E-state index in [1.54, 1.807) is 0 Å². The van der Waals surface area contributed by atoms with E-state index < -0.39 is 0 Å². The summed E-state index contributed by atoms with van der Waals surface area (Å²) in [4.78, 5) is 14.7. The summed E-state index contributed by atoms with van der Waals surface area (Å²) >= 11 is 0. The lowest BCUT2D eigenvalue weighted by Gasteiger charge is -2.35. The Morgan fingerprint density at radius 1 is 1.37 bits per heavy atom. The molecule has 1 aliphatic rings. The third kappa shape index (κ3) is 3.26. The molecule has 1 fully saturated rings. The van der Waals surface area contributed by atoms with Gasteiger partial charge in [-0.3, -0.25) is 4.79 Å². The molecular weight excluding hydrogens is 238 g/mol. The minimum absolute atomic E-state index is 0.0198. The lowest BCUT2D eigenvalue weighted by atomic mass is 9.94. The molecule has 0 aliphatic carbocycles. The summed E-state index contributed by atoms with van der Waals surface area (Å²) in [6, 6.07) is 7.89. The molecule has 0 radical (unpaired) electrons. The van der Waals surface area contributed by atoms with Crippen LogP contribution in [0.25, 0.3) is 0 Å². The number of piperidine rings is 1. The average molecular weight is 261 g/mol. The lowest BCUT2D eigenvalue weighted by molar-refractivity contribution is 0.0884. The zero-order chi connectivity index (χ0) is 13.8. The topological polar surface area (TPSA) is 44.4 Å². The third-order valence-electron chi connectivity index (χ3n) is 3.87. The normalized spacial score (nSPS) is 23.9. The van der Waals surface area contributed by atoms with Crippen molar-refractivity contribution in [3.05, 3.63) is 29.8 Å². The smallest absolute Gasteiger partial charge is 0.253 e. The number of rotatable bonds is 3. The summed E-state index contributed by atoms with van der Waals surface area (Å²) < 4.78 is 0. The van der Waals surface area contributed by atoms with Gasteiger partial charge in [-0.25, -0.2) is 0 Å². The second kappa shape index (κ2) is 6.06. The Balaban J connectivity index is 2.04. The van der Waals surface area contributed by atoms with Crippen LogP contribution >= 0.6 is 0 Å². The van der Waals surface area contributed by atoms with Crippen LogP contribution in [0.15, 0.2) is 24.3 Å². The molecule has 4 nitrogen and oxygen atoms in total. The van der Waals surface area contributed by atoms with Gasteiger partial charge in [-0.2, -0.15) is 0 Å². The number of nitrogens with one attached hydrogen (secondary N) is 2. The molecular formula is C15H23N3O. The lowest BCUT2D eigenvalue weighted by Crippen LogP contribution is -2.48. The van der Waals surface area contributed by atoms with E-state index in [2.05, 4.69) is 29.5 Å². The van der Waals surface area contributed by atoms with Gasteiger partial charge in [-0.05, 0) is 38.1 Å². The van der Waals surface area contributed by atoms with E-state index in [9.17, 15) is 4.79 Å². The molecule has 1 saturated heterocycles. The molecule has 0 saturated carbocycles. The number of benzene rings is 1. The second-order valence-electron chi connectivity index (χ2n) is 5.40. The van der Waals surface area contributed by atoms with Crippen LogP contribution < -0.4 is 10.6 Å². The van der Waals surface area contributed by atoms with E-state index in [1.165, 1.54) is 0 Å². The fraction of sp³-hybridized carbons (Fsp3) is 0.533. The summed E-state index contributed by atoms with van der Waals surface area (Å²) in [7, 11) is 3.97. The van der Waals surface area contributed by atoms with E-state index in [0.29, 0.717) is 5.92 Å². The predicted molar refractivity (Wildman–Crippen MR) is 78.5 cm³/mol. The van der Waals surface area contributed by atoms with Crippen molar-refractivity contribution in [2.45, 2.75) is 19.4 Å². The minimum atomic E-state index is 0.0198. The van der Waals surface area contributed by atoms with Gasteiger partial charge in [0, 0.05) is 25.3 Å². The highest BCUT2D eigenvalue weighted by molar-refractivity contribution is 5.99. The van der Waals surface area contributed by atoms with E-state index in [4.69, 9.17) is 0 Å². The average Bonchev–Trinajstić information content (AvgIpc) is 2.41. The first kappa shape index (κ1) is 13.9. The van der Waals surface area contributed by atoms with Crippen LogP contribution in [0.4, 0.5) is 5.69 Å². The van der Waals surface area contributed by atoms with Gasteiger partial charge in [0.15, 0.2) is 0 Å². The van der Waals surface area contributed by atoms with Crippen LogP contribution in [0.5, 0.6) is 0 Å². The number of anilines is 1. The summed E-state index contributed by atoms with van der Waals surface area (Å²) in [5.74, 6) is 0.510. The molecule has 104 valence electrons. The molecule has 4 heteroatoms. The quantitative estimate of drug-likeness (QED) is 0.872. The number of carbonyl (C=O) groups is 1. The Morgan fingerprint density at radius 2 is 2.11 bits per heavy atom. The van der Waals surface area contributed by atoms with E-state index in [1.807, 2.05) is 31.3 Å². The summed E-state index contributed by atoms with van der Waals surface area (Å²) in [6.45, 7) is 4.28. The number of nitrogens with zero attached hydrogens (tertiary/aromatic N) is 1. The van der Waals surface area contributed by atoms with Gasteiger partial charge in [0.2, 0.25) is 0 Å². The Bertz CT molecular complexity index is 447. The van der Waals surface area contributed by atoms with E-state index >= 15 is 0 Å². The zero-order valence-electron chi connectivity index (χ0n) is 11.9. The van der Waals surface area contributed by atoms with E-state index in [0.717, 1.165) is 30.8 Å². The van der Waals surface area contributed by atoms with Crippen LogP contribution in [-0.2, 0) is 0 Å². The molecule has 19 heavy (non-hydrogen) atoms. The maximum absolute atomic E-state index is 12.4. The summed E-state index contributed by atoms with van der Waals surface area (Å²) in [6.07, 6.45) is 1.02. The molecule has 2 rings (SSSR count). The van der Waals surface area contributed by atoms with Gasteiger partial charge in [-0.15, -0.1) is 0 Å². The predicted octanol–water partition coefficient (Wildman–Crippen LogP) is 1.80. The summed E-state index contributed by atoms with van der Waals surface area (Å²) in [5, 5.41) is 6.24. The molecule has 1 aromatic carbocycles. The molecule has 1 heterocycles. The summed E-state index contributed by atoms with van der Waals surface area (Å²) in [5.41, 5.74) is 1.59. The van der Waals surface area contributed by atoms with Crippen molar-refractivity contribution in [1.82, 2.24) is 10.2 Å². The highest BCUT2D eigenvalue weighted by atomic mass is 16.1. The minimum Gasteiger partial charge on any atom is -0.387 e. The highest BCUT2D eigenvalue weighted by Crippen LogP contribution is 2.18. The fourth-order valence-corrected chi connectivity index (χ4v) is 2.71. The van der Waals surface area contributed by atoms with Gasteiger partial charge in [-0.1, -0.05) is 19.1 Å². The number of para-hydroxylation sites is 1. The van der Waals surface area contributed by atoms with Crippen LogP contribution in [0.1, 0.15) is 23.7 Å². The number of hydrogen-bond donors (Lipinski definition) is 2. The van der Waals surface area contributed by atoms with Crippen LogP contribution in [-0.4, -0.2) is 44.0 Å². The number of carbonyl (C=O) groups excluding carboxylic acids is 1. The van der Waals surface area contributed by atoms with Crippen molar-refractivity contribution in [2.75, 3.05) is 32.5 Å². The Morgan fingerprint density at radius 3 is 2.79 bits per heavy atom. The highest BCUT2D eigenvalue weighted by Gasteiger charge is 2.26. The van der Waals surface area contributed by atoms with Crippen molar-refractivity contribution in [2.24, 2.45) is 5.92 Å². The molecule has 2 unspecified atom stereocenters. The third-order valence-corrected chi connectivity index (χ3v) is 3.87. The largest absolute Gasteiger partial charge is 0.387 e. The second-order valence-corrected chi connectivity index (χ2v) is 5.40. The van der Waals surface area contributed by atoms with Crippen molar-refractivity contribution in [1.29, 1.82) is 0 Å². The van der Waals surface area contributed by atoms with Crippen molar-refractivity contribution in [3.8, 4) is 0 Å². The zero-order valence-corrected chi connectivity index (χ0v) is 11.9. The molecule has 1 amide bonds. The number of hydrogen-bond acceptors (Lipinski definition) is 3. The van der Waals surface area contributed by atoms with Crippen LogP contribution in [0.2, 0.25) is 0 Å². The van der Waals surface area contributed by atoms with Gasteiger partial charge in [0.25, 0.3) is 5.91 Å². The monoisotopic (exact) mass is 261 g/mol. The molecule has 2 N–H and O–H groups in total. The van der Waals surface area contributed by atoms with Gasteiger partial charge in [0.1, 0.15) is 0 Å². The first-order valence-electron chi connectivity index (χ1n) is 6.88. The molecule has 0 bridgehead atoms. The molecule has 0 aromatic heterocycles. The SMILES string of the molecule is CNc1ccccc1C(=O)NC1CCN(C)CC1C. The number of likely N-dealkylation sites (tertiary alicyclic amines) is 1. The molecule has 2 atom stereocenters. The molecule has 1 aliphatic heterocycles. The van der Waals surface area contributed by atoms with Crippen molar-refractivity contribution in [3.63, 3.8) is 0 Å². The first-order chi connectivity index (χ1) is 9.11. The van der Waals surface area contributed by atoms with E-state index in [-0.39, 0.29) is 11.9 Å². The Hall–Kier alpha value is -1.55. The maximum Gasteiger partial charge on any atom is 0.253 e. The Labute approximate surface area is 115 Å². The van der Waals surface area contributed by atoms with Crippen molar-refractivity contribution >= 4 is 11.6 Å². The van der Waals surface area contributed by atoms with Crippen LogP contribution in [0.3, 0.4) is 0 Å². The molecule has 0 spiro atoms. The van der Waals surface area contributed by atoms with Gasteiger partial charge in [0.05, 0.1) is 5.56 Å². The Kier molecular flexibility index (Phi) is 4.43. The van der Waals surface area contributed by atoms with Gasteiger partial charge < -0.3 is 15.5 Å². The maximum atomic E-state index is 12.4. The number of amides is 1. The molecule has 1 aromatic rings. The van der Waals surface area contributed by atoms with Crippen LogP contribution in [0, 0.1) is 5.92 Å². The first-order valence-corrected chi connectivity index (χ1v) is 6.88.